The first kappa shape index (κ1) is 24.4. The lowest BCUT2D eigenvalue weighted by Gasteiger charge is -2.39. The average Bonchev–Trinajstić information content (AvgIpc) is 3.51. The Bertz CT molecular complexity index is 1170. The van der Waals surface area contributed by atoms with Gasteiger partial charge in [-0.3, -0.25) is 9.69 Å². The minimum Gasteiger partial charge on any atom is -0.383 e. The number of benzene rings is 1. The predicted octanol–water partition coefficient (Wildman–Crippen LogP) is 3.09. The second kappa shape index (κ2) is 10.8. The summed E-state index contributed by atoms with van der Waals surface area (Å²) in [6, 6.07) is 10.8. The summed E-state index contributed by atoms with van der Waals surface area (Å²) in [5.41, 5.74) is 5.23. The highest BCUT2D eigenvalue weighted by molar-refractivity contribution is 5.78. The maximum atomic E-state index is 12.0. The van der Waals surface area contributed by atoms with E-state index < -0.39 is 0 Å². The number of para-hydroxylation sites is 1. The van der Waals surface area contributed by atoms with E-state index >= 15 is 0 Å². The molecular formula is C27H35N7O2. The second-order valence-corrected chi connectivity index (χ2v) is 9.68. The summed E-state index contributed by atoms with van der Waals surface area (Å²) in [6.07, 6.45) is 6.75. The van der Waals surface area contributed by atoms with Crippen LogP contribution in [0.2, 0.25) is 0 Å². The van der Waals surface area contributed by atoms with E-state index in [1.807, 2.05) is 37.0 Å². The lowest BCUT2D eigenvalue weighted by molar-refractivity contribution is -0.116. The fourth-order valence-corrected chi connectivity index (χ4v) is 5.51. The summed E-state index contributed by atoms with van der Waals surface area (Å²) in [7, 11) is 1.75. The molecule has 2 aliphatic heterocycles. The molecule has 9 heteroatoms. The van der Waals surface area contributed by atoms with E-state index in [1.54, 1.807) is 7.11 Å². The summed E-state index contributed by atoms with van der Waals surface area (Å²) in [6.45, 7) is 8.83. The molecule has 2 aliphatic rings. The fourth-order valence-electron chi connectivity index (χ4n) is 5.51. The maximum absolute atomic E-state index is 12.0. The highest BCUT2D eigenvalue weighted by atomic mass is 16.5. The molecule has 2 fully saturated rings. The van der Waals surface area contributed by atoms with Crippen LogP contribution in [0.5, 0.6) is 0 Å². The van der Waals surface area contributed by atoms with Gasteiger partial charge in [-0.1, -0.05) is 18.2 Å². The molecule has 0 spiro atoms. The van der Waals surface area contributed by atoms with Gasteiger partial charge in [-0.05, 0) is 38.8 Å². The average molecular weight is 490 g/mol. The second-order valence-electron chi connectivity index (χ2n) is 9.68. The van der Waals surface area contributed by atoms with Gasteiger partial charge >= 0.3 is 0 Å². The summed E-state index contributed by atoms with van der Waals surface area (Å²) in [5, 5.41) is 4.54. The molecular weight excluding hydrogens is 454 g/mol. The fraction of sp³-hybridized carbons (Fsp3) is 0.481. The number of methoxy groups -OCH3 is 1. The topological polar surface area (TPSA) is 79.6 Å². The van der Waals surface area contributed by atoms with Crippen LogP contribution >= 0.6 is 0 Å². The van der Waals surface area contributed by atoms with E-state index in [1.165, 1.54) is 5.69 Å². The highest BCUT2D eigenvalue weighted by Gasteiger charge is 2.28. The number of aryl methyl sites for hydroxylation is 2. The van der Waals surface area contributed by atoms with Crippen molar-refractivity contribution >= 4 is 17.9 Å². The van der Waals surface area contributed by atoms with Gasteiger partial charge in [0.1, 0.15) is 0 Å². The summed E-state index contributed by atoms with van der Waals surface area (Å²) < 4.78 is 7.22. The minimum atomic E-state index is -0.371. The molecule has 0 N–H and O–H groups in total. The van der Waals surface area contributed by atoms with E-state index in [0.717, 1.165) is 80.3 Å². The quantitative estimate of drug-likeness (QED) is 0.447. The summed E-state index contributed by atoms with van der Waals surface area (Å²) >= 11 is 0. The van der Waals surface area contributed by atoms with Crippen LogP contribution in [0.3, 0.4) is 0 Å². The zero-order valence-electron chi connectivity index (χ0n) is 21.4. The van der Waals surface area contributed by atoms with Crippen molar-refractivity contribution in [3.05, 3.63) is 54.1 Å². The molecule has 1 unspecified atom stereocenters. The molecule has 9 nitrogen and oxygen atoms in total. The van der Waals surface area contributed by atoms with Crippen molar-refractivity contribution in [2.45, 2.75) is 38.9 Å². The Morgan fingerprint density at radius 1 is 1.08 bits per heavy atom. The van der Waals surface area contributed by atoms with Crippen molar-refractivity contribution in [2.24, 2.45) is 0 Å². The third-order valence-corrected chi connectivity index (χ3v) is 7.29. The number of aldehydes is 1. The van der Waals surface area contributed by atoms with Crippen molar-refractivity contribution in [1.29, 1.82) is 0 Å². The number of carbonyl (C=O) groups excluding carboxylic acids is 1. The van der Waals surface area contributed by atoms with E-state index in [2.05, 4.69) is 44.1 Å². The molecule has 0 aliphatic carbocycles. The van der Waals surface area contributed by atoms with Gasteiger partial charge in [0.05, 0.1) is 18.3 Å². The molecule has 36 heavy (non-hydrogen) atoms. The maximum Gasteiger partial charge on any atom is 0.225 e. The number of rotatable bonds is 8. The number of nitrogens with zero attached hydrogens (tertiary/aromatic N) is 7. The standard InChI is InChI=1S/C27H35N7O2/c1-20-15-21(2)34(30-20)26(18-35)32-13-11-31(12-14-32)25-9-5-4-8-24(25)22-16-28-27(29-17-22)33-10-6-7-23(33)19-36-3/h4-5,8-9,15-18,23,26H,6-7,10-14,19H2,1-3H3/t23-,26?/m0/s1. The zero-order chi connectivity index (χ0) is 25.1. The monoisotopic (exact) mass is 489 g/mol. The van der Waals surface area contributed by atoms with Crippen molar-refractivity contribution in [3.63, 3.8) is 0 Å². The first-order chi connectivity index (χ1) is 17.6. The molecule has 4 heterocycles. The molecule has 5 rings (SSSR count). The summed E-state index contributed by atoms with van der Waals surface area (Å²) in [4.78, 5) is 28.3. The molecule has 0 radical (unpaired) electrons. The third kappa shape index (κ3) is 4.85. The largest absolute Gasteiger partial charge is 0.383 e. The van der Waals surface area contributed by atoms with Gasteiger partial charge in [-0.15, -0.1) is 0 Å². The van der Waals surface area contributed by atoms with E-state index in [-0.39, 0.29) is 6.17 Å². The minimum absolute atomic E-state index is 0.342. The number of piperazine rings is 1. The van der Waals surface area contributed by atoms with Crippen LogP contribution in [0.4, 0.5) is 11.6 Å². The van der Waals surface area contributed by atoms with Crippen LogP contribution in [0.25, 0.3) is 11.1 Å². The Morgan fingerprint density at radius 2 is 1.83 bits per heavy atom. The number of carbonyl (C=O) groups is 1. The van der Waals surface area contributed by atoms with E-state index in [0.29, 0.717) is 12.6 Å². The Kier molecular flexibility index (Phi) is 7.29. The number of anilines is 2. The van der Waals surface area contributed by atoms with Gasteiger partial charge in [0, 0.05) is 74.7 Å². The van der Waals surface area contributed by atoms with Gasteiger partial charge in [0.15, 0.2) is 12.5 Å². The highest BCUT2D eigenvalue weighted by Crippen LogP contribution is 2.32. The SMILES string of the molecule is COC[C@@H]1CCCN1c1ncc(-c2ccccc2N2CCN(C(C=O)n3nc(C)cc3C)CC2)cn1. The Balaban J connectivity index is 1.30. The lowest BCUT2D eigenvalue weighted by atomic mass is 10.1. The number of hydrogen-bond acceptors (Lipinski definition) is 8. The van der Waals surface area contributed by atoms with Gasteiger partial charge < -0.3 is 14.5 Å². The van der Waals surface area contributed by atoms with Crippen LogP contribution in [0, 0.1) is 13.8 Å². The Morgan fingerprint density at radius 3 is 2.50 bits per heavy atom. The normalized spacial score (nSPS) is 19.6. The summed E-state index contributed by atoms with van der Waals surface area (Å²) in [5.74, 6) is 0.772. The molecule has 0 saturated carbocycles. The zero-order valence-corrected chi connectivity index (χ0v) is 21.4. The molecule has 2 atom stereocenters. The molecule has 0 amide bonds. The number of ether oxygens (including phenoxy) is 1. The lowest BCUT2D eigenvalue weighted by Crippen LogP contribution is -2.49. The third-order valence-electron chi connectivity index (χ3n) is 7.29. The van der Waals surface area contributed by atoms with E-state index in [4.69, 9.17) is 14.7 Å². The van der Waals surface area contributed by atoms with Crippen LogP contribution in [-0.2, 0) is 9.53 Å². The number of hydrogen-bond donors (Lipinski definition) is 0. The van der Waals surface area contributed by atoms with Crippen LogP contribution in [0.1, 0.15) is 30.4 Å². The molecule has 0 bridgehead atoms. The van der Waals surface area contributed by atoms with Gasteiger partial charge in [0.2, 0.25) is 5.95 Å². The molecule has 2 saturated heterocycles. The molecule has 190 valence electrons. The Hall–Kier alpha value is -3.30. The van der Waals surface area contributed by atoms with Gasteiger partial charge in [-0.25, -0.2) is 14.6 Å². The van der Waals surface area contributed by atoms with Crippen molar-refractivity contribution in [2.75, 3.05) is 56.2 Å². The van der Waals surface area contributed by atoms with Crippen LogP contribution in [0.15, 0.2) is 42.7 Å². The molecule has 3 aromatic rings. The van der Waals surface area contributed by atoms with Gasteiger partial charge in [-0.2, -0.15) is 5.10 Å². The molecule has 2 aromatic heterocycles. The van der Waals surface area contributed by atoms with Crippen molar-refractivity contribution < 1.29 is 9.53 Å². The van der Waals surface area contributed by atoms with Crippen LogP contribution in [-0.4, -0.2) is 83.4 Å². The van der Waals surface area contributed by atoms with Crippen LogP contribution < -0.4 is 9.80 Å². The molecule has 1 aromatic carbocycles. The smallest absolute Gasteiger partial charge is 0.225 e. The first-order valence-corrected chi connectivity index (χ1v) is 12.7. The van der Waals surface area contributed by atoms with Crippen molar-refractivity contribution in [1.82, 2.24) is 24.6 Å². The van der Waals surface area contributed by atoms with Gasteiger partial charge in [0.25, 0.3) is 0 Å². The number of aromatic nitrogens is 4. The Labute approximate surface area is 212 Å². The van der Waals surface area contributed by atoms with Crippen molar-refractivity contribution in [3.8, 4) is 11.1 Å². The van der Waals surface area contributed by atoms with E-state index in [9.17, 15) is 4.79 Å². The first-order valence-electron chi connectivity index (χ1n) is 12.7. The predicted molar refractivity (Wildman–Crippen MR) is 140 cm³/mol.